The first-order chi connectivity index (χ1) is 35.1. The molecule has 8 fully saturated rings. The average Bonchev–Trinajstić information content (AvgIpc) is 3.93. The summed E-state index contributed by atoms with van der Waals surface area (Å²) < 4.78 is 18.6. The number of aliphatic hydroxyl groups excluding tert-OH is 1. The second kappa shape index (κ2) is 22.4. The van der Waals surface area contributed by atoms with Crippen molar-refractivity contribution >= 4 is 35.6 Å². The lowest BCUT2D eigenvalue weighted by Crippen LogP contribution is -2.63. The lowest BCUT2D eigenvalue weighted by atomic mass is 9.43. The van der Waals surface area contributed by atoms with Gasteiger partial charge in [-0.1, -0.05) is 81.4 Å². The SMILES string of the molecule is C=CC[C@]1(C)C[C@@H](OC(=O)NC(=O)[C@H]2CN(C)CC[C@@H]2C)[C@@]2(C)C3C(=O)CCC3(CC[C@H]2C)[C@@H](C)[C@@H]1O.C=CC[C@]1(C)C[C@@H](OC(=O)NC(=O)[C@H]2CN(C)CC[C@@H]2C)[C@@]2(C)C3[C@H](OC)CCC3(CC[C@H]2C)[C@@H](C)C1=O. The summed E-state index contributed by atoms with van der Waals surface area (Å²) in [4.78, 5) is 85.0. The van der Waals surface area contributed by atoms with Gasteiger partial charge in [0.25, 0.3) is 0 Å². The molecule has 0 spiro atoms. The highest BCUT2D eigenvalue weighted by Crippen LogP contribution is 2.70. The molecular weight excluding hydrogens is 949 g/mol. The predicted molar refractivity (Wildman–Crippen MR) is 290 cm³/mol. The molecule has 0 aromatic carbocycles. The Hall–Kier alpha value is -3.46. The van der Waals surface area contributed by atoms with Crippen molar-refractivity contribution in [3.8, 4) is 0 Å². The zero-order valence-electron chi connectivity index (χ0n) is 48.4. The highest BCUT2D eigenvalue weighted by Gasteiger charge is 2.70. The monoisotopic (exact) mass is 1050 g/mol. The Kier molecular flexibility index (Phi) is 17.6. The number of carbonyl (C=O) groups is 6. The number of rotatable bonds is 9. The molecule has 4 amide bonds. The lowest BCUT2D eigenvalue weighted by molar-refractivity contribution is -0.197. The van der Waals surface area contributed by atoms with E-state index in [1.807, 2.05) is 40.1 Å². The van der Waals surface area contributed by atoms with Gasteiger partial charge in [0.15, 0.2) is 0 Å². The van der Waals surface area contributed by atoms with Gasteiger partial charge in [0.1, 0.15) is 23.8 Å². The molecule has 0 aromatic rings. The maximum absolute atomic E-state index is 14.2. The minimum absolute atomic E-state index is 0.0104. The van der Waals surface area contributed by atoms with Crippen LogP contribution in [0, 0.1) is 91.7 Å². The molecule has 75 heavy (non-hydrogen) atoms. The summed E-state index contributed by atoms with van der Waals surface area (Å²) in [5.41, 5.74) is -2.74. The van der Waals surface area contributed by atoms with Gasteiger partial charge >= 0.3 is 12.2 Å². The number of piperidine rings is 2. The topological polar surface area (TPSA) is 181 Å². The van der Waals surface area contributed by atoms with Crippen molar-refractivity contribution in [2.24, 2.45) is 91.7 Å². The third-order valence-electron chi connectivity index (χ3n) is 23.2. The molecule has 2 saturated heterocycles. The number of alkyl carbamates (subject to hydrolysis) is 2. The molecule has 4 unspecified atom stereocenters. The Morgan fingerprint density at radius 2 is 1.19 bits per heavy atom. The first-order valence-electron chi connectivity index (χ1n) is 29.0. The molecule has 14 nitrogen and oxygen atoms in total. The van der Waals surface area contributed by atoms with E-state index in [9.17, 15) is 33.9 Å². The molecule has 2 heterocycles. The summed E-state index contributed by atoms with van der Waals surface area (Å²) in [6.07, 6.45) is 11.1. The second-order valence-electron chi connectivity index (χ2n) is 27.2. The van der Waals surface area contributed by atoms with E-state index >= 15 is 0 Å². The first kappa shape index (κ1) is 59.2. The van der Waals surface area contributed by atoms with Crippen LogP contribution in [-0.2, 0) is 33.4 Å². The summed E-state index contributed by atoms with van der Waals surface area (Å²) in [5.74, 6) is -0.166. The molecule has 20 atom stereocenters. The number of nitrogens with zero attached hydrogens (tertiary/aromatic N) is 2. The Morgan fingerprint density at radius 1 is 0.693 bits per heavy atom. The van der Waals surface area contributed by atoms with E-state index in [-0.39, 0.29) is 99.5 Å². The summed E-state index contributed by atoms with van der Waals surface area (Å²) >= 11 is 0. The molecular formula is C61H98N4O10. The summed E-state index contributed by atoms with van der Waals surface area (Å²) in [6.45, 7) is 32.3. The number of amides is 4. The third-order valence-corrected chi connectivity index (χ3v) is 23.2. The molecule has 422 valence electrons. The number of ether oxygens (including phenoxy) is 3. The van der Waals surface area contributed by atoms with E-state index in [4.69, 9.17) is 14.2 Å². The number of hydrogen-bond donors (Lipinski definition) is 3. The van der Waals surface area contributed by atoms with Crippen LogP contribution in [0.1, 0.15) is 159 Å². The Balaban J connectivity index is 0.000000219. The molecule has 8 rings (SSSR count). The van der Waals surface area contributed by atoms with Crippen molar-refractivity contribution in [1.82, 2.24) is 20.4 Å². The van der Waals surface area contributed by atoms with Crippen LogP contribution in [0.4, 0.5) is 9.59 Å². The van der Waals surface area contributed by atoms with Crippen molar-refractivity contribution in [1.29, 1.82) is 0 Å². The molecule has 8 aliphatic rings. The number of likely N-dealkylation sites (tertiary alicyclic amines) is 2. The minimum atomic E-state index is -0.741. The second-order valence-corrected chi connectivity index (χ2v) is 27.2. The highest BCUT2D eigenvalue weighted by molar-refractivity contribution is 5.94. The van der Waals surface area contributed by atoms with Crippen molar-refractivity contribution < 1.29 is 48.1 Å². The van der Waals surface area contributed by atoms with Crippen LogP contribution in [0.25, 0.3) is 0 Å². The predicted octanol–water partition coefficient (Wildman–Crippen LogP) is 9.81. The third kappa shape index (κ3) is 10.4. The van der Waals surface area contributed by atoms with Crippen LogP contribution in [0.3, 0.4) is 0 Å². The number of methoxy groups -OCH3 is 1. The first-order valence-corrected chi connectivity index (χ1v) is 29.0. The zero-order valence-corrected chi connectivity index (χ0v) is 48.4. The van der Waals surface area contributed by atoms with Gasteiger partial charge in [-0.25, -0.2) is 9.59 Å². The molecule has 2 aliphatic heterocycles. The van der Waals surface area contributed by atoms with Gasteiger partial charge in [-0.3, -0.25) is 29.8 Å². The molecule has 14 heteroatoms. The number of carbonyl (C=O) groups excluding carboxylic acids is 6. The van der Waals surface area contributed by atoms with Crippen molar-refractivity contribution in [3.05, 3.63) is 25.3 Å². The van der Waals surface area contributed by atoms with E-state index in [1.165, 1.54) is 0 Å². The standard InChI is InChI=1S/C31H50N2O5.C30H48N2O5/c1-9-13-29(5)17-24(38-28(36)32-27(35)22-18-33(7)16-12-19(22)2)30(6)20(3)10-14-31(21(4)26(29)34)15-11-23(37-8)25(30)31;1-8-12-28(5)16-23(37-27(36)31-26(35)21-17-32(7)15-11-18(21)2)29(6)19(3)9-13-30(20(4)25(28)34)14-10-22(33)24(29)30/h9,19-25H,1,10-18H2,2-8H3,(H,32,35,36);8,18-21,23-25,34H,1,9-17H2,2-7H3,(H,31,35,36)/t19-,20+,21-,22-,23+,24+,25?,29+,30-,31?;18-,19+,20-,21-,23+,24?,25-,28+,29-,30?/m00/s1. The summed E-state index contributed by atoms with van der Waals surface area (Å²) in [6, 6.07) is 0. The fourth-order valence-electron chi connectivity index (χ4n) is 17.9. The van der Waals surface area contributed by atoms with E-state index in [0.29, 0.717) is 45.2 Å². The smallest absolute Gasteiger partial charge is 0.414 e. The van der Waals surface area contributed by atoms with Gasteiger partial charge in [0, 0.05) is 66.0 Å². The fourth-order valence-corrected chi connectivity index (χ4v) is 17.9. The number of nitrogens with one attached hydrogen (secondary N) is 2. The quantitative estimate of drug-likeness (QED) is 0.186. The van der Waals surface area contributed by atoms with Gasteiger partial charge in [0.05, 0.1) is 24.0 Å². The zero-order chi connectivity index (χ0) is 55.4. The fraction of sp³-hybridized carbons (Fsp3) is 0.836. The number of imide groups is 2. The number of hydrogen-bond acceptors (Lipinski definition) is 12. The maximum Gasteiger partial charge on any atom is 0.414 e. The average molecular weight is 1050 g/mol. The lowest BCUT2D eigenvalue weighted by Gasteiger charge is -2.62. The molecule has 0 aromatic heterocycles. The van der Waals surface area contributed by atoms with Crippen molar-refractivity contribution in [2.45, 2.75) is 184 Å². The minimum Gasteiger partial charge on any atom is -0.445 e. The van der Waals surface area contributed by atoms with Crippen molar-refractivity contribution in [2.75, 3.05) is 47.4 Å². The van der Waals surface area contributed by atoms with Crippen LogP contribution in [0.15, 0.2) is 25.3 Å². The number of aliphatic hydroxyl groups is 1. The van der Waals surface area contributed by atoms with Gasteiger partial charge in [-0.2, -0.15) is 0 Å². The molecule has 3 N–H and O–H groups in total. The Bertz CT molecular complexity index is 2190. The molecule has 6 aliphatic carbocycles. The normalized spacial score (nSPS) is 45.9. The van der Waals surface area contributed by atoms with E-state index < -0.39 is 52.2 Å². The van der Waals surface area contributed by atoms with Crippen LogP contribution in [0.5, 0.6) is 0 Å². The number of Topliss-reactive ketones (excluding diaryl/α,β-unsaturated/α-hetero) is 2. The van der Waals surface area contributed by atoms with Gasteiger partial charge in [0.2, 0.25) is 11.8 Å². The Labute approximate surface area is 450 Å². The highest BCUT2D eigenvalue weighted by atomic mass is 16.6. The largest absolute Gasteiger partial charge is 0.445 e. The number of allylic oxidation sites excluding steroid dienone is 2. The van der Waals surface area contributed by atoms with Crippen molar-refractivity contribution in [3.63, 3.8) is 0 Å². The summed E-state index contributed by atoms with van der Waals surface area (Å²) in [5, 5.41) is 16.9. The van der Waals surface area contributed by atoms with E-state index in [2.05, 4.69) is 89.0 Å². The van der Waals surface area contributed by atoms with Gasteiger partial charge < -0.3 is 29.1 Å². The van der Waals surface area contributed by atoms with Gasteiger partial charge in [-0.05, 0) is 151 Å². The van der Waals surface area contributed by atoms with Crippen LogP contribution >= 0.6 is 0 Å². The van der Waals surface area contributed by atoms with Crippen LogP contribution in [0.2, 0.25) is 0 Å². The van der Waals surface area contributed by atoms with Crippen LogP contribution in [-0.4, -0.2) is 122 Å². The van der Waals surface area contributed by atoms with E-state index in [0.717, 1.165) is 70.9 Å². The maximum atomic E-state index is 14.2. The number of ketones is 2. The molecule has 4 bridgehead atoms. The molecule has 6 saturated carbocycles. The summed E-state index contributed by atoms with van der Waals surface area (Å²) in [7, 11) is 5.76. The molecule has 0 radical (unpaired) electrons. The Morgan fingerprint density at radius 3 is 1.71 bits per heavy atom. The van der Waals surface area contributed by atoms with E-state index in [1.54, 1.807) is 7.11 Å². The van der Waals surface area contributed by atoms with Gasteiger partial charge in [-0.15, -0.1) is 13.2 Å². The van der Waals surface area contributed by atoms with Crippen LogP contribution < -0.4 is 10.6 Å².